The lowest BCUT2D eigenvalue weighted by Gasteiger charge is -2.38. The van der Waals surface area contributed by atoms with Gasteiger partial charge in [-0.15, -0.1) is 11.3 Å². The van der Waals surface area contributed by atoms with E-state index >= 15 is 0 Å². The molecule has 1 N–H and O–H groups in total. The average molecular weight is 951 g/mol. The summed E-state index contributed by atoms with van der Waals surface area (Å²) in [5, 5.41) is 2.30. The Morgan fingerprint density at radius 2 is 1.11 bits per heavy atom. The van der Waals surface area contributed by atoms with Gasteiger partial charge in [-0.1, -0.05) is 161 Å². The summed E-state index contributed by atoms with van der Waals surface area (Å²) in [4.78, 5) is 30.2. The lowest BCUT2D eigenvalue weighted by atomic mass is 9.97. The third-order valence-electron chi connectivity index (χ3n) is 12.7. The van der Waals surface area contributed by atoms with Crippen molar-refractivity contribution in [1.29, 1.82) is 0 Å². The molecule has 0 saturated carbocycles. The van der Waals surface area contributed by atoms with Crippen molar-refractivity contribution >= 4 is 47.8 Å². The molecule has 0 radical (unpaired) electrons. The van der Waals surface area contributed by atoms with E-state index in [2.05, 4.69) is 18.6 Å². The normalized spacial score (nSPS) is 15.9. The number of ketones is 2. The minimum atomic E-state index is -3.70. The van der Waals surface area contributed by atoms with Gasteiger partial charge < -0.3 is 9.47 Å². The number of fused-ring (bicyclic) bond motifs is 1. The second-order valence-electron chi connectivity index (χ2n) is 18.5. The van der Waals surface area contributed by atoms with Crippen LogP contribution in [0.2, 0.25) is 0 Å². The first-order valence-electron chi connectivity index (χ1n) is 25.1. The summed E-state index contributed by atoms with van der Waals surface area (Å²) in [7, 11) is -5.77. The Labute approximate surface area is 393 Å². The first kappa shape index (κ1) is 55.8. The van der Waals surface area contributed by atoms with Crippen LogP contribution in [0, 0.1) is 0 Å². The molecule has 366 valence electrons. The zero-order valence-electron chi connectivity index (χ0n) is 40.7. The number of rotatable bonds is 39. The molecule has 1 aromatic heterocycles. The monoisotopic (exact) mass is 951 g/mol. The van der Waals surface area contributed by atoms with Crippen LogP contribution < -0.4 is 14.2 Å². The summed E-state index contributed by atoms with van der Waals surface area (Å²) in [6, 6.07) is 3.38. The van der Waals surface area contributed by atoms with Crippen LogP contribution in [0.4, 0.5) is 5.00 Å². The summed E-state index contributed by atoms with van der Waals surface area (Å²) in [6.07, 6.45) is 31.9. The third kappa shape index (κ3) is 21.0. The van der Waals surface area contributed by atoms with E-state index in [0.717, 1.165) is 56.8 Å². The van der Waals surface area contributed by atoms with E-state index in [1.807, 2.05) is 23.3 Å². The molecule has 1 aromatic carbocycles. The van der Waals surface area contributed by atoms with E-state index in [1.165, 1.54) is 127 Å². The smallest absolute Gasteiger partial charge is 0.230 e. The van der Waals surface area contributed by atoms with E-state index in [-0.39, 0.29) is 30.2 Å². The van der Waals surface area contributed by atoms with Gasteiger partial charge in [0.25, 0.3) is 0 Å². The zero-order chi connectivity index (χ0) is 46.8. The number of hydrogen-bond acceptors (Lipinski definition) is 10. The van der Waals surface area contributed by atoms with Gasteiger partial charge in [-0.25, -0.2) is 16.8 Å². The number of carbonyl (C=O) groups is 2. The van der Waals surface area contributed by atoms with Crippen molar-refractivity contribution in [1.82, 2.24) is 4.90 Å². The summed E-state index contributed by atoms with van der Waals surface area (Å²) < 4.78 is 66.6. The van der Waals surface area contributed by atoms with Crippen molar-refractivity contribution in [2.45, 2.75) is 219 Å². The van der Waals surface area contributed by atoms with Gasteiger partial charge in [-0.05, 0) is 48.4 Å². The number of Topliss-reactive ketones (excluding diaryl/α,β-unsaturated/α-hetero) is 2. The van der Waals surface area contributed by atoms with Gasteiger partial charge in [-0.2, -0.15) is 0 Å². The van der Waals surface area contributed by atoms with Crippen LogP contribution in [0.5, 0.6) is 11.5 Å². The lowest BCUT2D eigenvalue weighted by molar-refractivity contribution is -0.121. The fourth-order valence-corrected chi connectivity index (χ4v) is 12.3. The molecule has 0 bridgehead atoms. The number of methoxy groups -OCH3 is 1. The predicted octanol–water partition coefficient (Wildman–Crippen LogP) is 13.8. The van der Waals surface area contributed by atoms with Gasteiger partial charge in [0, 0.05) is 49.6 Å². The van der Waals surface area contributed by atoms with Crippen LogP contribution in [0.25, 0.3) is 0 Å². The minimum absolute atomic E-state index is 0.0378. The van der Waals surface area contributed by atoms with Gasteiger partial charge in [0.2, 0.25) is 10.0 Å². The SMILES string of the molecule is CCCCCCCCCCCCCCC(=O)CC1c2csc(NS(C)(=O)=O)c2C(CC(=O)CCCCCCCCCCCCCC)N1C(CS(C)(=O)=O)c1ccc(OC)c(OCC)c1. The topological polar surface area (TPSA) is 136 Å². The average Bonchev–Trinajstić information content (AvgIpc) is 3.77. The van der Waals surface area contributed by atoms with E-state index in [1.54, 1.807) is 19.2 Å². The Morgan fingerprint density at radius 1 is 0.656 bits per heavy atom. The number of anilines is 1. The molecule has 2 heterocycles. The number of thiophene rings is 1. The molecular weight excluding hydrogens is 865 g/mol. The van der Waals surface area contributed by atoms with Crippen LogP contribution >= 0.6 is 11.3 Å². The number of nitrogens with zero attached hydrogens (tertiary/aromatic N) is 1. The third-order valence-corrected chi connectivity index (χ3v) is 15.3. The fourth-order valence-electron chi connectivity index (χ4n) is 9.39. The van der Waals surface area contributed by atoms with Crippen LogP contribution in [0.15, 0.2) is 23.6 Å². The highest BCUT2D eigenvalue weighted by molar-refractivity contribution is 7.92. The lowest BCUT2D eigenvalue weighted by Crippen LogP contribution is -2.37. The molecule has 0 amide bonds. The van der Waals surface area contributed by atoms with Crippen LogP contribution in [-0.2, 0) is 29.4 Å². The summed E-state index contributed by atoms with van der Waals surface area (Å²) in [5.41, 5.74) is 2.09. The predicted molar refractivity (Wildman–Crippen MR) is 267 cm³/mol. The van der Waals surface area contributed by atoms with Gasteiger partial charge in [0.1, 0.15) is 26.4 Å². The second-order valence-corrected chi connectivity index (χ2v) is 23.3. The summed E-state index contributed by atoms with van der Waals surface area (Å²) >= 11 is 1.26. The second kappa shape index (κ2) is 30.7. The standard InChI is InChI=1S/C51H86N2O8S3/c1-7-10-12-14-16-18-20-22-24-26-28-30-32-42(54)37-45-44-39-62-51(52-64(6,58)59)50(44)46(38-43(55)33-31-29-27-25-23-21-19-17-15-13-11-8-2)53(45)47(40-63(5,56)57)41-34-35-48(60-4)49(36-41)61-9-3/h34-36,39,45-47,52H,7-33,37-38,40H2,1-6H3. The summed E-state index contributed by atoms with van der Waals surface area (Å²) in [6.45, 7) is 6.72. The number of nitrogens with one attached hydrogen (secondary N) is 1. The quantitative estimate of drug-likeness (QED) is 0.0650. The first-order valence-corrected chi connectivity index (χ1v) is 29.9. The molecular formula is C51H86N2O8S3. The van der Waals surface area contributed by atoms with E-state index in [0.29, 0.717) is 47.1 Å². The highest BCUT2D eigenvalue weighted by Gasteiger charge is 2.47. The van der Waals surface area contributed by atoms with Gasteiger partial charge in [0.05, 0.1) is 31.8 Å². The highest BCUT2D eigenvalue weighted by atomic mass is 32.2. The fraction of sp³-hybridized carbons (Fsp3) is 0.765. The number of unbranched alkanes of at least 4 members (excludes halogenated alkanes) is 22. The molecule has 10 nitrogen and oxygen atoms in total. The Balaban J connectivity index is 1.85. The van der Waals surface area contributed by atoms with Gasteiger partial charge >= 0.3 is 0 Å². The van der Waals surface area contributed by atoms with E-state index < -0.39 is 38.0 Å². The van der Waals surface area contributed by atoms with Crippen LogP contribution in [0.3, 0.4) is 0 Å². The Kier molecular flexibility index (Phi) is 26.8. The molecule has 3 atom stereocenters. The van der Waals surface area contributed by atoms with Crippen molar-refractivity contribution in [2.24, 2.45) is 0 Å². The molecule has 3 unspecified atom stereocenters. The number of carbonyl (C=O) groups excluding carboxylic acids is 2. The van der Waals surface area contributed by atoms with Crippen LogP contribution in [-0.4, -0.2) is 65.3 Å². The van der Waals surface area contributed by atoms with Crippen molar-refractivity contribution < 1.29 is 35.9 Å². The maximum absolute atomic E-state index is 14.1. The number of hydrogen-bond donors (Lipinski definition) is 1. The zero-order valence-corrected chi connectivity index (χ0v) is 43.1. The van der Waals surface area contributed by atoms with Gasteiger partial charge in [0.15, 0.2) is 11.5 Å². The Bertz CT molecular complexity index is 1860. The van der Waals surface area contributed by atoms with Crippen molar-refractivity contribution in [3.05, 3.63) is 40.3 Å². The molecule has 0 aliphatic carbocycles. The van der Waals surface area contributed by atoms with Crippen molar-refractivity contribution in [2.75, 3.05) is 36.7 Å². The molecule has 1 aliphatic heterocycles. The van der Waals surface area contributed by atoms with Gasteiger partial charge in [-0.3, -0.25) is 19.2 Å². The first-order chi connectivity index (χ1) is 30.7. The van der Waals surface area contributed by atoms with Crippen molar-refractivity contribution in [3.63, 3.8) is 0 Å². The Hall–Kier alpha value is -2.48. The summed E-state index contributed by atoms with van der Waals surface area (Å²) in [5.74, 6) is 0.805. The number of sulfonamides is 1. The minimum Gasteiger partial charge on any atom is -0.493 e. The Morgan fingerprint density at radius 3 is 1.53 bits per heavy atom. The molecule has 3 rings (SSSR count). The highest BCUT2D eigenvalue weighted by Crippen LogP contribution is 2.55. The number of ether oxygens (including phenoxy) is 2. The van der Waals surface area contributed by atoms with Crippen LogP contribution in [0.1, 0.15) is 235 Å². The largest absolute Gasteiger partial charge is 0.493 e. The number of benzene rings is 1. The molecule has 0 saturated heterocycles. The maximum Gasteiger partial charge on any atom is 0.230 e. The number of sulfone groups is 1. The van der Waals surface area contributed by atoms with Crippen molar-refractivity contribution in [3.8, 4) is 11.5 Å². The molecule has 1 aliphatic rings. The molecule has 2 aromatic rings. The molecule has 13 heteroatoms. The molecule has 64 heavy (non-hydrogen) atoms. The maximum atomic E-state index is 14.1. The molecule has 0 spiro atoms. The molecule has 0 fully saturated rings. The van der Waals surface area contributed by atoms with E-state index in [4.69, 9.17) is 9.47 Å². The van der Waals surface area contributed by atoms with E-state index in [9.17, 15) is 26.4 Å².